The molecule has 0 aromatic heterocycles. The molecule has 1 amide bonds. The number of hydrogen-bond donors (Lipinski definition) is 2. The first kappa shape index (κ1) is 26.1. The van der Waals surface area contributed by atoms with Crippen LogP contribution in [0.15, 0.2) is 36.4 Å². The van der Waals surface area contributed by atoms with Crippen molar-refractivity contribution >= 4 is 35.1 Å². The lowest BCUT2D eigenvalue weighted by Gasteiger charge is -2.26. The van der Waals surface area contributed by atoms with Gasteiger partial charge in [-0.25, -0.2) is 0 Å². The van der Waals surface area contributed by atoms with Crippen LogP contribution in [0.4, 0.5) is 0 Å². The third-order valence-corrected chi connectivity index (χ3v) is 6.60. The molecule has 0 spiro atoms. The van der Waals surface area contributed by atoms with Crippen LogP contribution in [-0.4, -0.2) is 44.4 Å². The van der Waals surface area contributed by atoms with Crippen LogP contribution in [0.2, 0.25) is 10.0 Å². The zero-order valence-corrected chi connectivity index (χ0v) is 20.7. The lowest BCUT2D eigenvalue weighted by atomic mass is 9.82. The molecule has 1 aliphatic rings. The average Bonchev–Trinajstić information content (AvgIpc) is 2.83. The molecule has 0 radical (unpaired) electrons. The number of rotatable bonds is 10. The maximum Gasteiger partial charge on any atom is 0.306 e. The van der Waals surface area contributed by atoms with Crippen molar-refractivity contribution in [3.05, 3.63) is 57.6 Å². The fourth-order valence-corrected chi connectivity index (χ4v) is 4.54. The van der Waals surface area contributed by atoms with Crippen LogP contribution in [0.25, 0.3) is 0 Å². The van der Waals surface area contributed by atoms with E-state index in [1.165, 1.54) is 0 Å². The molecule has 0 heterocycles. The minimum Gasteiger partial charge on any atom is -0.496 e. The number of benzene rings is 2. The Labute approximate surface area is 209 Å². The molecule has 1 saturated carbocycles. The summed E-state index contributed by atoms with van der Waals surface area (Å²) in [6.07, 6.45) is 2.34. The van der Waals surface area contributed by atoms with Gasteiger partial charge < -0.3 is 24.6 Å². The summed E-state index contributed by atoms with van der Waals surface area (Å²) in [5.74, 6) is 0.0391. The second-order valence-electron chi connectivity index (χ2n) is 8.36. The Bertz CT molecular complexity index is 1010. The molecule has 0 bridgehead atoms. The van der Waals surface area contributed by atoms with Gasteiger partial charge in [-0.15, -0.1) is 0 Å². The molecular weight excluding hydrogens is 481 g/mol. The van der Waals surface area contributed by atoms with Gasteiger partial charge in [0.2, 0.25) is 0 Å². The van der Waals surface area contributed by atoms with E-state index < -0.39 is 12.1 Å². The zero-order chi connectivity index (χ0) is 24.7. The second kappa shape index (κ2) is 12.3. The van der Waals surface area contributed by atoms with E-state index in [1.54, 1.807) is 50.6 Å². The number of halogens is 2. The van der Waals surface area contributed by atoms with E-state index in [1.807, 2.05) is 0 Å². The van der Waals surface area contributed by atoms with Crippen LogP contribution < -0.4 is 14.8 Å². The monoisotopic (exact) mass is 509 g/mol. The number of ether oxygens (including phenoxy) is 3. The highest BCUT2D eigenvalue weighted by molar-refractivity contribution is 6.32. The van der Waals surface area contributed by atoms with E-state index >= 15 is 0 Å². The van der Waals surface area contributed by atoms with Crippen LogP contribution in [0.1, 0.15) is 47.7 Å². The molecule has 2 aromatic rings. The summed E-state index contributed by atoms with van der Waals surface area (Å²) in [4.78, 5) is 23.7. The first-order valence-corrected chi connectivity index (χ1v) is 11.9. The lowest BCUT2D eigenvalue weighted by molar-refractivity contribution is -0.143. The quantitative estimate of drug-likeness (QED) is 0.445. The highest BCUT2D eigenvalue weighted by Gasteiger charge is 2.26. The fourth-order valence-electron chi connectivity index (χ4n) is 4.14. The van der Waals surface area contributed by atoms with E-state index in [9.17, 15) is 9.59 Å². The Morgan fingerprint density at radius 2 is 1.76 bits per heavy atom. The minimum absolute atomic E-state index is 0.236. The van der Waals surface area contributed by atoms with Crippen molar-refractivity contribution in [2.75, 3.05) is 27.4 Å². The summed E-state index contributed by atoms with van der Waals surface area (Å²) in [6.45, 7) is 0.741. The molecule has 0 saturated heterocycles. The largest absolute Gasteiger partial charge is 0.496 e. The number of carbonyl (C=O) groups excluding carboxylic acids is 1. The number of aliphatic carboxylic acids is 1. The molecule has 0 unspecified atom stereocenters. The standard InChI is InChI=1S/C25H29Cl2NO6/c1-32-14-23(19-12-18(26)8-10-21(19)33-2)34-22-9-7-17(11-20(22)27)24(29)28-13-15-3-5-16(6-4-15)25(30)31/h7-12,15-16,23H,3-6,13-14H2,1-2H3,(H,28,29)(H,30,31)/t15-,16-,23-/m0/s1. The summed E-state index contributed by atoms with van der Waals surface area (Å²) >= 11 is 12.6. The molecule has 2 aromatic carbocycles. The normalized spacial score (nSPS) is 18.7. The molecule has 2 N–H and O–H groups in total. The number of carboxylic acid groups (broad SMARTS) is 1. The van der Waals surface area contributed by atoms with Crippen LogP contribution in [-0.2, 0) is 9.53 Å². The fraction of sp³-hybridized carbons (Fsp3) is 0.440. The maximum atomic E-state index is 12.6. The van der Waals surface area contributed by atoms with Gasteiger partial charge in [-0.05, 0) is 68.0 Å². The summed E-state index contributed by atoms with van der Waals surface area (Å²) in [6, 6.07) is 10.1. The van der Waals surface area contributed by atoms with Crippen molar-refractivity contribution in [2.24, 2.45) is 11.8 Å². The SMILES string of the molecule is COC[C@H](Oc1ccc(C(=O)NC[C@H]2CC[C@H](C(=O)O)CC2)cc1Cl)c1cc(Cl)ccc1OC. The van der Waals surface area contributed by atoms with Gasteiger partial charge in [0.25, 0.3) is 5.91 Å². The van der Waals surface area contributed by atoms with E-state index in [0.29, 0.717) is 47.0 Å². The van der Waals surface area contributed by atoms with Crippen molar-refractivity contribution in [1.82, 2.24) is 5.32 Å². The minimum atomic E-state index is -0.735. The van der Waals surface area contributed by atoms with Crippen molar-refractivity contribution in [3.8, 4) is 11.5 Å². The van der Waals surface area contributed by atoms with Crippen molar-refractivity contribution in [3.63, 3.8) is 0 Å². The average molecular weight is 510 g/mol. The Kier molecular flexibility index (Phi) is 9.45. The maximum absolute atomic E-state index is 12.6. The first-order valence-electron chi connectivity index (χ1n) is 11.1. The highest BCUT2D eigenvalue weighted by atomic mass is 35.5. The van der Waals surface area contributed by atoms with Crippen LogP contribution in [0, 0.1) is 11.8 Å². The Hall–Kier alpha value is -2.48. The third kappa shape index (κ3) is 6.78. The van der Waals surface area contributed by atoms with Gasteiger partial charge in [0.1, 0.15) is 11.5 Å². The smallest absolute Gasteiger partial charge is 0.306 e. The zero-order valence-electron chi connectivity index (χ0n) is 19.2. The van der Waals surface area contributed by atoms with Gasteiger partial charge in [0.05, 0.1) is 24.7 Å². The number of hydrogen-bond acceptors (Lipinski definition) is 5. The van der Waals surface area contributed by atoms with Crippen LogP contribution in [0.5, 0.6) is 11.5 Å². The van der Waals surface area contributed by atoms with Crippen molar-refractivity contribution < 1.29 is 28.9 Å². The van der Waals surface area contributed by atoms with E-state index in [-0.39, 0.29) is 29.4 Å². The molecule has 7 nitrogen and oxygen atoms in total. The Morgan fingerprint density at radius 3 is 2.38 bits per heavy atom. The molecular formula is C25H29Cl2NO6. The number of nitrogens with one attached hydrogen (secondary N) is 1. The van der Waals surface area contributed by atoms with Gasteiger partial charge in [-0.3, -0.25) is 9.59 Å². The van der Waals surface area contributed by atoms with Gasteiger partial charge in [0, 0.05) is 29.8 Å². The second-order valence-corrected chi connectivity index (χ2v) is 9.20. The molecule has 9 heteroatoms. The highest BCUT2D eigenvalue weighted by Crippen LogP contribution is 2.35. The number of carbonyl (C=O) groups is 2. The van der Waals surface area contributed by atoms with Crippen molar-refractivity contribution in [1.29, 1.82) is 0 Å². The molecule has 1 aliphatic carbocycles. The van der Waals surface area contributed by atoms with E-state index in [2.05, 4.69) is 5.32 Å². The topological polar surface area (TPSA) is 94.1 Å². The van der Waals surface area contributed by atoms with Gasteiger partial charge in [-0.1, -0.05) is 23.2 Å². The third-order valence-electron chi connectivity index (χ3n) is 6.07. The Balaban J connectivity index is 1.64. The molecule has 0 aliphatic heterocycles. The van der Waals surface area contributed by atoms with Crippen molar-refractivity contribution in [2.45, 2.75) is 31.8 Å². The summed E-state index contributed by atoms with van der Waals surface area (Å²) in [5.41, 5.74) is 1.13. The van der Waals surface area contributed by atoms with E-state index in [4.69, 9.17) is 42.5 Å². The lowest BCUT2D eigenvalue weighted by Crippen LogP contribution is -2.32. The van der Waals surface area contributed by atoms with Gasteiger partial charge in [0.15, 0.2) is 6.10 Å². The van der Waals surface area contributed by atoms with Gasteiger partial charge in [-0.2, -0.15) is 0 Å². The molecule has 34 heavy (non-hydrogen) atoms. The molecule has 3 rings (SSSR count). The summed E-state index contributed by atoms with van der Waals surface area (Å²) < 4.78 is 16.9. The number of methoxy groups -OCH3 is 2. The molecule has 1 fully saturated rings. The van der Waals surface area contributed by atoms with Crippen LogP contribution >= 0.6 is 23.2 Å². The predicted molar refractivity (Wildman–Crippen MR) is 130 cm³/mol. The number of amides is 1. The Morgan fingerprint density at radius 1 is 1.06 bits per heavy atom. The number of carboxylic acids is 1. The van der Waals surface area contributed by atoms with Gasteiger partial charge >= 0.3 is 5.97 Å². The molecule has 1 atom stereocenters. The van der Waals surface area contributed by atoms with E-state index in [0.717, 1.165) is 12.8 Å². The predicted octanol–water partition coefficient (Wildman–Crippen LogP) is 5.39. The summed E-state index contributed by atoms with van der Waals surface area (Å²) in [5, 5.41) is 12.9. The van der Waals surface area contributed by atoms with Crippen LogP contribution in [0.3, 0.4) is 0 Å². The summed E-state index contributed by atoms with van der Waals surface area (Å²) in [7, 11) is 3.13. The molecule has 184 valence electrons. The first-order chi connectivity index (χ1) is 16.3.